The van der Waals surface area contributed by atoms with E-state index in [0.29, 0.717) is 76.2 Å². The van der Waals surface area contributed by atoms with Crippen molar-refractivity contribution in [3.8, 4) is 11.5 Å². The number of sulfone groups is 2. The average Bonchev–Trinajstić information content (AvgIpc) is 1.46. The number of anilines is 2. The smallest absolute Gasteiger partial charge is 0.337 e. The van der Waals surface area contributed by atoms with Gasteiger partial charge in [0.1, 0.15) is 11.5 Å². The van der Waals surface area contributed by atoms with Crippen LogP contribution in [0.2, 0.25) is 10.0 Å². The first-order chi connectivity index (χ1) is 45.2. The largest absolute Gasteiger partial charge is 0.490 e. The maximum absolute atomic E-state index is 12.6. The number of aryl methyl sites for hydroxylation is 2. The third-order valence-electron chi connectivity index (χ3n) is 19.7. The van der Waals surface area contributed by atoms with Gasteiger partial charge in [-0.15, -0.1) is 0 Å². The maximum atomic E-state index is 12.6. The Morgan fingerprint density at radius 3 is 1.39 bits per heavy atom. The monoisotopic (exact) mass is 1490 g/mol. The zero-order chi connectivity index (χ0) is 66.4. The number of benzene rings is 4. The van der Waals surface area contributed by atoms with Crippen LogP contribution >= 0.6 is 55.1 Å². The van der Waals surface area contributed by atoms with Crippen molar-refractivity contribution < 1.29 is 55.6 Å². The molecule has 0 radical (unpaired) electrons. The molecule has 2 aliphatic heterocycles. The van der Waals surface area contributed by atoms with Gasteiger partial charge >= 0.3 is 11.9 Å². The highest BCUT2D eigenvalue weighted by molar-refractivity contribution is 9.12. The molecule has 2 spiro atoms. The summed E-state index contributed by atoms with van der Waals surface area (Å²) in [6, 6.07) is 26.4. The SMILES string of the molecule is COC(=O)c1ccc2c(c1)N(C[C@@H]1CC[C@H]1[C@@H](O)/C=C(\Br)CCCS(=O)(=O)c1ncccn1)C[C@@]1(CCCc3cc(Cl)ccc31)CO2.COC(=O)c1ccc2c(c1)N(C[C@@H]1CC[C@H]1[C@H](O)/C=C(\Br)CCCS(=O)(=O)c1ncccn1)C[C@@]1(CCCc3cc(Cl)ccc31)CO2. The molecule has 12 rings (SSSR count). The summed E-state index contributed by atoms with van der Waals surface area (Å²) in [6.45, 7) is 3.82. The number of methoxy groups -OCH3 is 2. The number of rotatable bonds is 20. The van der Waals surface area contributed by atoms with E-state index in [0.717, 1.165) is 106 Å². The standard InChI is InChI=1S/2C35H39BrClN3O6S/c2*1-45-33(42)24-8-12-32-30(18-24)40(21-35(22-46-32)13-2-5-23-17-27(37)9-11-29(23)35)20-25-7-10-28(25)31(41)19-26(36)6-3-16-47(43,44)34-38-14-4-15-39-34/h2*4,8-9,11-12,14-15,17-19,25,28,31,41H,2-3,5-7,10,13,16,20-22H2,1H3/b2*26-19-/t25-,28+,31+,35-;25-,28+,31-,35-/m00/s1. The molecule has 500 valence electrons. The van der Waals surface area contributed by atoms with E-state index in [-0.39, 0.29) is 56.3 Å². The van der Waals surface area contributed by atoms with Gasteiger partial charge in [0, 0.05) is 71.8 Å². The molecule has 4 aromatic carbocycles. The van der Waals surface area contributed by atoms with Crippen molar-refractivity contribution in [3.05, 3.63) is 174 Å². The van der Waals surface area contributed by atoms with Crippen molar-refractivity contribution in [2.75, 3.05) is 74.9 Å². The molecular formula is C70H78Br2Cl2N6O12S2. The van der Waals surface area contributed by atoms with Gasteiger partial charge in [-0.05, 0) is 230 Å². The van der Waals surface area contributed by atoms with Crippen LogP contribution < -0.4 is 19.3 Å². The van der Waals surface area contributed by atoms with Crippen LogP contribution in [0.25, 0.3) is 0 Å². The van der Waals surface area contributed by atoms with Gasteiger partial charge in [-0.25, -0.2) is 46.4 Å². The number of ether oxygens (including phenoxy) is 4. The third kappa shape index (κ3) is 15.9. The number of halogens is 4. The molecule has 24 heteroatoms. The molecule has 94 heavy (non-hydrogen) atoms. The van der Waals surface area contributed by atoms with Crippen LogP contribution in [-0.2, 0) is 52.8 Å². The van der Waals surface area contributed by atoms with E-state index < -0.39 is 43.8 Å². The van der Waals surface area contributed by atoms with Crippen molar-refractivity contribution in [3.63, 3.8) is 0 Å². The molecule has 2 N–H and O–H groups in total. The topological polar surface area (TPSA) is 238 Å². The number of allylic oxidation sites excluding steroid dienone is 2. The second kappa shape index (κ2) is 30.2. The molecule has 6 aliphatic rings. The fraction of sp³-hybridized carbons (Fsp3) is 0.457. The molecule has 4 heterocycles. The first-order valence-electron chi connectivity index (χ1n) is 32.0. The van der Waals surface area contributed by atoms with E-state index in [9.17, 15) is 36.6 Å². The molecule has 18 nitrogen and oxygen atoms in total. The molecular weight excluding hydrogens is 1410 g/mol. The predicted molar refractivity (Wildman–Crippen MR) is 368 cm³/mol. The van der Waals surface area contributed by atoms with Gasteiger partial charge in [0.25, 0.3) is 0 Å². The van der Waals surface area contributed by atoms with Crippen molar-refractivity contribution in [2.45, 2.75) is 123 Å². The minimum Gasteiger partial charge on any atom is -0.490 e. The highest BCUT2D eigenvalue weighted by Gasteiger charge is 2.47. The number of fused-ring (bicyclic) bond motifs is 6. The number of hydrogen-bond donors (Lipinski definition) is 2. The summed E-state index contributed by atoms with van der Waals surface area (Å²) < 4.78 is 74.9. The van der Waals surface area contributed by atoms with Crippen LogP contribution in [0, 0.1) is 23.7 Å². The van der Waals surface area contributed by atoms with Crippen molar-refractivity contribution >= 4 is 98.0 Å². The molecule has 2 fully saturated rings. The highest BCUT2D eigenvalue weighted by atomic mass is 79.9. The summed E-state index contributed by atoms with van der Waals surface area (Å²) in [6.07, 6.45) is 19.2. The lowest BCUT2D eigenvalue weighted by molar-refractivity contribution is 0.0453. The summed E-state index contributed by atoms with van der Waals surface area (Å²) in [5, 5.41) is 23.8. The second-order valence-electron chi connectivity index (χ2n) is 25.7. The van der Waals surface area contributed by atoms with Crippen LogP contribution in [-0.4, -0.2) is 136 Å². The van der Waals surface area contributed by atoms with Crippen LogP contribution in [0.15, 0.2) is 141 Å². The average molecular weight is 1490 g/mol. The Morgan fingerprint density at radius 1 is 0.617 bits per heavy atom. The fourth-order valence-corrected chi connectivity index (χ4v) is 18.3. The zero-order valence-electron chi connectivity index (χ0n) is 52.6. The van der Waals surface area contributed by atoms with Gasteiger partial charge in [0.2, 0.25) is 30.0 Å². The minimum atomic E-state index is -3.57. The summed E-state index contributed by atoms with van der Waals surface area (Å²) in [5.74, 6) is 0.969. The van der Waals surface area contributed by atoms with E-state index in [4.69, 9.17) is 42.1 Å². The minimum absolute atomic E-state index is 0.0359. The molecule has 2 saturated carbocycles. The van der Waals surface area contributed by atoms with Crippen LogP contribution in [0.3, 0.4) is 0 Å². The quantitative estimate of drug-likeness (QED) is 0.0533. The van der Waals surface area contributed by atoms with Crippen molar-refractivity contribution in [1.82, 2.24) is 19.9 Å². The Morgan fingerprint density at radius 2 is 1.02 bits per heavy atom. The number of aliphatic hydroxyl groups is 2. The third-order valence-corrected chi connectivity index (χ3v) is 24.6. The van der Waals surface area contributed by atoms with Gasteiger partial charge < -0.3 is 39.0 Å². The number of aromatic nitrogens is 4. The Hall–Kier alpha value is -5.98. The lowest BCUT2D eigenvalue weighted by Crippen LogP contribution is -2.49. The molecule has 0 saturated heterocycles. The predicted octanol–water partition coefficient (Wildman–Crippen LogP) is 12.6. The molecule has 4 aliphatic carbocycles. The number of aliphatic hydroxyl groups excluding tert-OH is 2. The Balaban J connectivity index is 0.000000192. The highest BCUT2D eigenvalue weighted by Crippen LogP contribution is 2.49. The molecule has 2 aromatic heterocycles. The van der Waals surface area contributed by atoms with Crippen LogP contribution in [0.1, 0.15) is 120 Å². The fourth-order valence-electron chi connectivity index (χ4n) is 14.5. The normalized spacial score (nSPS) is 23.1. The van der Waals surface area contributed by atoms with Gasteiger partial charge in [-0.3, -0.25) is 0 Å². The molecule has 0 unspecified atom stereocenters. The number of esters is 2. The van der Waals surface area contributed by atoms with Gasteiger partial charge in [0.15, 0.2) is 0 Å². The lowest BCUT2D eigenvalue weighted by atomic mass is 9.68. The van der Waals surface area contributed by atoms with Crippen LogP contribution in [0.5, 0.6) is 11.5 Å². The number of nitrogens with zero attached hydrogens (tertiary/aromatic N) is 6. The van der Waals surface area contributed by atoms with Gasteiger partial charge in [0.05, 0.1) is 73.6 Å². The zero-order valence-corrected chi connectivity index (χ0v) is 58.9. The number of carbonyl (C=O) groups is 2. The van der Waals surface area contributed by atoms with Crippen molar-refractivity contribution in [2.24, 2.45) is 23.7 Å². The summed E-state index contributed by atoms with van der Waals surface area (Å²) >= 11 is 19.9. The number of hydrogen-bond acceptors (Lipinski definition) is 18. The molecule has 0 amide bonds. The lowest BCUT2D eigenvalue weighted by Gasteiger charge is -2.45. The Labute approximate surface area is 577 Å². The van der Waals surface area contributed by atoms with Gasteiger partial charge in [-0.2, -0.15) is 0 Å². The Bertz CT molecular complexity index is 3770. The molecule has 6 aromatic rings. The first kappa shape index (κ1) is 69.4. The van der Waals surface area contributed by atoms with Crippen LogP contribution in [0.4, 0.5) is 11.4 Å². The van der Waals surface area contributed by atoms with E-state index >= 15 is 0 Å². The maximum Gasteiger partial charge on any atom is 0.337 e. The summed E-state index contributed by atoms with van der Waals surface area (Å²) in [7, 11) is -4.39. The summed E-state index contributed by atoms with van der Waals surface area (Å²) in [4.78, 5) is 45.2. The molecule has 0 bridgehead atoms. The van der Waals surface area contributed by atoms with E-state index in [1.807, 2.05) is 36.4 Å². The van der Waals surface area contributed by atoms with E-state index in [1.54, 1.807) is 36.4 Å². The number of carbonyl (C=O) groups excluding carboxylic acids is 2. The van der Waals surface area contributed by atoms with Gasteiger partial charge in [-0.1, -0.05) is 67.2 Å². The summed E-state index contributed by atoms with van der Waals surface area (Å²) in [5.41, 5.74) is 7.15. The van der Waals surface area contributed by atoms with Crippen molar-refractivity contribution in [1.29, 1.82) is 0 Å². The second-order valence-corrected chi connectivity index (χ2v) is 32.6. The first-order valence-corrected chi connectivity index (χ1v) is 37.7. The molecule has 8 atom stereocenters. The Kier molecular flexibility index (Phi) is 22.3. The van der Waals surface area contributed by atoms with E-state index in [1.165, 1.54) is 61.3 Å². The van der Waals surface area contributed by atoms with E-state index in [2.05, 4.69) is 85.9 Å².